The fraction of sp³-hybridized carbons (Fsp3) is 0.238. The minimum absolute atomic E-state index is 0.0789. The van der Waals surface area contributed by atoms with Crippen LogP contribution in [-0.2, 0) is 9.59 Å². The van der Waals surface area contributed by atoms with Gasteiger partial charge in [-0.2, -0.15) is 0 Å². The number of para-hydroxylation sites is 2. The number of hydrogen-bond donors (Lipinski definition) is 1. The predicted octanol–water partition coefficient (Wildman–Crippen LogP) is 3.32. The lowest BCUT2D eigenvalue weighted by Gasteiger charge is -2.18. The number of amides is 2. The molecule has 0 fully saturated rings. The van der Waals surface area contributed by atoms with Crippen molar-refractivity contribution in [1.29, 1.82) is 0 Å². The summed E-state index contributed by atoms with van der Waals surface area (Å²) in [5, 5.41) is 9.21. The number of carbonyl (C=O) groups excluding carboxylic acids is 2. The van der Waals surface area contributed by atoms with Gasteiger partial charge >= 0.3 is 0 Å². The Morgan fingerprint density at radius 3 is 2.44 bits per heavy atom. The third kappa shape index (κ3) is 3.50. The monoisotopic (exact) mass is 383 g/mol. The largest absolute Gasteiger partial charge is 0.495 e. The van der Waals surface area contributed by atoms with Crippen LogP contribution in [0.1, 0.15) is 16.7 Å². The van der Waals surface area contributed by atoms with Crippen LogP contribution in [0.25, 0.3) is 5.57 Å². The van der Waals surface area contributed by atoms with E-state index in [4.69, 9.17) is 4.74 Å². The summed E-state index contributed by atoms with van der Waals surface area (Å²) in [7, 11) is 1.50. The number of imide groups is 1. The molecule has 6 heteroatoms. The molecule has 0 saturated heterocycles. The van der Waals surface area contributed by atoms with E-state index in [0.717, 1.165) is 16.0 Å². The number of benzene rings is 2. The number of rotatable bonds is 6. The van der Waals surface area contributed by atoms with Crippen LogP contribution in [0.4, 0.5) is 5.69 Å². The number of thioether (sulfide) groups is 1. The maximum absolute atomic E-state index is 13.3. The molecule has 0 atom stereocenters. The summed E-state index contributed by atoms with van der Waals surface area (Å²) in [6, 6.07) is 12.7. The molecular formula is C21H21NO4S. The van der Waals surface area contributed by atoms with Crippen LogP contribution in [-0.4, -0.2) is 36.4 Å². The van der Waals surface area contributed by atoms with Crippen molar-refractivity contribution in [3.8, 4) is 5.75 Å². The van der Waals surface area contributed by atoms with Crippen molar-refractivity contribution in [2.75, 3.05) is 24.4 Å². The van der Waals surface area contributed by atoms with Gasteiger partial charge in [-0.15, -0.1) is 11.8 Å². The predicted molar refractivity (Wildman–Crippen MR) is 108 cm³/mol. The fourth-order valence-corrected chi connectivity index (χ4v) is 3.84. The molecule has 2 amide bonds. The number of aliphatic hydroxyl groups excluding tert-OH is 1. The van der Waals surface area contributed by atoms with Gasteiger partial charge in [0.25, 0.3) is 11.8 Å². The number of anilines is 1. The minimum Gasteiger partial charge on any atom is -0.495 e. The van der Waals surface area contributed by atoms with E-state index in [0.29, 0.717) is 33.2 Å². The molecule has 0 aromatic heterocycles. The zero-order chi connectivity index (χ0) is 19.6. The second-order valence-corrected chi connectivity index (χ2v) is 7.30. The lowest BCUT2D eigenvalue weighted by molar-refractivity contribution is -0.119. The summed E-state index contributed by atoms with van der Waals surface area (Å²) in [5.74, 6) is 0.0130. The van der Waals surface area contributed by atoms with Crippen molar-refractivity contribution in [3.05, 3.63) is 64.1 Å². The standard InChI is InChI=1S/C21H21NO4S/c1-13-8-9-15(12-14(13)2)18-19(27-11-10-23)21(25)22(20(18)24)16-6-4-5-7-17(16)26-3/h4-9,12,23H,10-11H2,1-3H3. The van der Waals surface area contributed by atoms with Gasteiger partial charge in [-0.25, -0.2) is 4.90 Å². The minimum atomic E-state index is -0.392. The average Bonchev–Trinajstić information content (AvgIpc) is 2.92. The SMILES string of the molecule is COc1ccccc1N1C(=O)C(SCCO)=C(c2ccc(C)c(C)c2)C1=O. The third-order valence-corrected chi connectivity index (χ3v) is 5.55. The second kappa shape index (κ2) is 7.98. The smallest absolute Gasteiger partial charge is 0.272 e. The zero-order valence-corrected chi connectivity index (χ0v) is 16.3. The van der Waals surface area contributed by atoms with Crippen molar-refractivity contribution >= 4 is 34.8 Å². The van der Waals surface area contributed by atoms with E-state index in [1.165, 1.54) is 18.9 Å². The van der Waals surface area contributed by atoms with Crippen LogP contribution in [0.2, 0.25) is 0 Å². The van der Waals surface area contributed by atoms with Crippen LogP contribution in [0, 0.1) is 13.8 Å². The molecule has 2 aromatic rings. The highest BCUT2D eigenvalue weighted by molar-refractivity contribution is 8.04. The van der Waals surface area contributed by atoms with E-state index in [-0.39, 0.29) is 12.5 Å². The molecule has 0 bridgehead atoms. The van der Waals surface area contributed by atoms with Gasteiger partial charge in [0, 0.05) is 5.75 Å². The third-order valence-electron chi connectivity index (χ3n) is 4.50. The van der Waals surface area contributed by atoms with Gasteiger partial charge in [-0.05, 0) is 42.7 Å². The molecule has 0 saturated carbocycles. The molecule has 0 unspecified atom stereocenters. The summed E-state index contributed by atoms with van der Waals surface area (Å²) >= 11 is 1.20. The van der Waals surface area contributed by atoms with Gasteiger partial charge in [0.15, 0.2) is 0 Å². The Bertz CT molecular complexity index is 936. The van der Waals surface area contributed by atoms with Crippen molar-refractivity contribution in [2.24, 2.45) is 0 Å². The Morgan fingerprint density at radius 1 is 1.04 bits per heavy atom. The Hall–Kier alpha value is -2.57. The fourth-order valence-electron chi connectivity index (χ4n) is 2.98. The first-order valence-corrected chi connectivity index (χ1v) is 9.55. The van der Waals surface area contributed by atoms with Gasteiger partial charge in [0.1, 0.15) is 5.75 Å². The number of aryl methyl sites for hydroxylation is 2. The Morgan fingerprint density at radius 2 is 1.78 bits per heavy atom. The molecule has 27 heavy (non-hydrogen) atoms. The molecule has 5 nitrogen and oxygen atoms in total. The van der Waals surface area contributed by atoms with Gasteiger partial charge in [0.05, 0.1) is 29.9 Å². The molecule has 0 spiro atoms. The highest BCUT2D eigenvalue weighted by Gasteiger charge is 2.41. The second-order valence-electron chi connectivity index (χ2n) is 6.19. The topological polar surface area (TPSA) is 66.8 Å². The van der Waals surface area contributed by atoms with Crippen LogP contribution < -0.4 is 9.64 Å². The molecule has 1 aliphatic rings. The van der Waals surface area contributed by atoms with Crippen LogP contribution in [0.3, 0.4) is 0 Å². The molecule has 2 aromatic carbocycles. The summed E-state index contributed by atoms with van der Waals surface area (Å²) < 4.78 is 5.34. The van der Waals surface area contributed by atoms with Crippen LogP contribution in [0.15, 0.2) is 47.4 Å². The van der Waals surface area contributed by atoms with E-state index < -0.39 is 5.91 Å². The normalized spacial score (nSPS) is 14.3. The number of ether oxygens (including phenoxy) is 1. The molecule has 3 rings (SSSR count). The maximum Gasteiger partial charge on any atom is 0.272 e. The number of aliphatic hydroxyl groups is 1. The van der Waals surface area contributed by atoms with Crippen LogP contribution in [0.5, 0.6) is 5.75 Å². The quantitative estimate of drug-likeness (QED) is 0.775. The summed E-state index contributed by atoms with van der Waals surface area (Å²) in [6.45, 7) is 3.89. The average molecular weight is 383 g/mol. The first-order chi connectivity index (χ1) is 13.0. The molecular weight excluding hydrogens is 362 g/mol. The molecule has 1 heterocycles. The molecule has 1 N–H and O–H groups in total. The Labute approximate surface area is 162 Å². The lowest BCUT2D eigenvalue weighted by atomic mass is 10.0. The Balaban J connectivity index is 2.13. The number of methoxy groups -OCH3 is 1. The van der Waals surface area contributed by atoms with E-state index in [1.807, 2.05) is 32.0 Å². The first-order valence-electron chi connectivity index (χ1n) is 8.57. The molecule has 0 aliphatic carbocycles. The highest BCUT2D eigenvalue weighted by Crippen LogP contribution is 2.41. The van der Waals surface area contributed by atoms with Gasteiger partial charge in [-0.1, -0.05) is 30.3 Å². The summed E-state index contributed by atoms with van der Waals surface area (Å²) in [6.07, 6.45) is 0. The summed E-state index contributed by atoms with van der Waals surface area (Å²) in [5.41, 5.74) is 3.64. The van der Waals surface area contributed by atoms with Crippen LogP contribution >= 0.6 is 11.8 Å². The van der Waals surface area contributed by atoms with E-state index in [9.17, 15) is 14.7 Å². The van der Waals surface area contributed by atoms with E-state index in [1.54, 1.807) is 24.3 Å². The van der Waals surface area contributed by atoms with Gasteiger partial charge < -0.3 is 9.84 Å². The van der Waals surface area contributed by atoms with Crippen molar-refractivity contribution in [2.45, 2.75) is 13.8 Å². The van der Waals surface area contributed by atoms with Crippen molar-refractivity contribution < 1.29 is 19.4 Å². The maximum atomic E-state index is 13.3. The van der Waals surface area contributed by atoms with Gasteiger partial charge in [0.2, 0.25) is 0 Å². The van der Waals surface area contributed by atoms with E-state index >= 15 is 0 Å². The van der Waals surface area contributed by atoms with Gasteiger partial charge in [-0.3, -0.25) is 9.59 Å². The first kappa shape index (κ1) is 19.2. The molecule has 140 valence electrons. The number of carbonyl (C=O) groups is 2. The Kier molecular flexibility index (Phi) is 5.68. The molecule has 0 radical (unpaired) electrons. The number of hydrogen-bond acceptors (Lipinski definition) is 5. The number of nitrogens with zero attached hydrogens (tertiary/aromatic N) is 1. The highest BCUT2D eigenvalue weighted by atomic mass is 32.2. The zero-order valence-electron chi connectivity index (χ0n) is 15.5. The van der Waals surface area contributed by atoms with Crippen molar-refractivity contribution in [3.63, 3.8) is 0 Å². The molecule has 1 aliphatic heterocycles. The van der Waals surface area contributed by atoms with Crippen molar-refractivity contribution in [1.82, 2.24) is 0 Å². The van der Waals surface area contributed by atoms with E-state index in [2.05, 4.69) is 0 Å². The summed E-state index contributed by atoms with van der Waals surface area (Å²) in [4.78, 5) is 27.9. The lowest BCUT2D eigenvalue weighted by Crippen LogP contribution is -2.31.